The van der Waals surface area contributed by atoms with Gasteiger partial charge in [-0.05, 0) is 18.6 Å². The minimum absolute atomic E-state index is 0.313. The number of rotatable bonds is 4. The summed E-state index contributed by atoms with van der Waals surface area (Å²) in [5, 5.41) is 0. The Morgan fingerprint density at radius 2 is 1.86 bits per heavy atom. The summed E-state index contributed by atoms with van der Waals surface area (Å²) in [6.45, 7) is 2.07. The van der Waals surface area contributed by atoms with E-state index in [1.54, 1.807) is 25.1 Å². The topological polar surface area (TPSA) is 35.5 Å². The number of hydrogen-bond acceptors (Lipinski definition) is 4. The van der Waals surface area contributed by atoms with Gasteiger partial charge in [-0.1, -0.05) is 59.1 Å². The first-order valence-corrected chi connectivity index (χ1v) is 8.34. The standard InChI is InChI=1S/C15H13Cl3O3S/c1-3-21-14(19)13-11(20-2)8-12(22-13)9-4-6-10(7-5-9)15(16,17)18/h4-8H,3H2,1-2H3. The lowest BCUT2D eigenvalue weighted by Gasteiger charge is -2.11. The van der Waals surface area contributed by atoms with Crippen molar-refractivity contribution in [2.24, 2.45) is 0 Å². The highest BCUT2D eigenvalue weighted by Gasteiger charge is 2.23. The van der Waals surface area contributed by atoms with Gasteiger partial charge in [-0.25, -0.2) is 4.79 Å². The fourth-order valence-electron chi connectivity index (χ4n) is 1.83. The van der Waals surface area contributed by atoms with Crippen molar-refractivity contribution in [1.29, 1.82) is 0 Å². The number of carbonyl (C=O) groups excluding carboxylic acids is 1. The third-order valence-corrected chi connectivity index (χ3v) is 4.68. The molecule has 1 aromatic carbocycles. The fourth-order valence-corrected chi connectivity index (χ4v) is 3.23. The molecule has 0 saturated carbocycles. The summed E-state index contributed by atoms with van der Waals surface area (Å²) in [5.74, 6) is 0.0948. The van der Waals surface area contributed by atoms with Crippen LogP contribution in [0.25, 0.3) is 10.4 Å². The summed E-state index contributed by atoms with van der Waals surface area (Å²) in [7, 11) is 1.51. The highest BCUT2D eigenvalue weighted by Crippen LogP contribution is 2.40. The predicted octanol–water partition coefficient (Wildman–Crippen LogP) is 5.43. The van der Waals surface area contributed by atoms with E-state index in [0.29, 0.717) is 22.8 Å². The molecule has 1 aromatic heterocycles. The Balaban J connectivity index is 2.35. The highest BCUT2D eigenvalue weighted by atomic mass is 35.6. The average molecular weight is 380 g/mol. The third-order valence-electron chi connectivity index (χ3n) is 2.88. The summed E-state index contributed by atoms with van der Waals surface area (Å²) in [6.07, 6.45) is 0. The molecule has 0 fully saturated rings. The number of benzene rings is 1. The molecule has 0 bridgehead atoms. The van der Waals surface area contributed by atoms with Crippen LogP contribution in [0.4, 0.5) is 0 Å². The van der Waals surface area contributed by atoms with Crippen molar-refractivity contribution in [3.8, 4) is 16.2 Å². The molecule has 22 heavy (non-hydrogen) atoms. The Morgan fingerprint density at radius 3 is 2.36 bits per heavy atom. The smallest absolute Gasteiger partial charge is 0.352 e. The maximum absolute atomic E-state index is 11.9. The lowest BCUT2D eigenvalue weighted by molar-refractivity contribution is 0.0529. The zero-order valence-electron chi connectivity index (χ0n) is 11.9. The first kappa shape index (κ1) is 17.4. The van der Waals surface area contributed by atoms with E-state index in [1.807, 2.05) is 12.1 Å². The first-order chi connectivity index (χ1) is 10.4. The SMILES string of the molecule is CCOC(=O)c1sc(-c2ccc(C(Cl)(Cl)Cl)cc2)cc1OC. The van der Waals surface area contributed by atoms with Gasteiger partial charge in [-0.15, -0.1) is 11.3 Å². The third kappa shape index (κ3) is 3.87. The van der Waals surface area contributed by atoms with Crippen LogP contribution >= 0.6 is 46.1 Å². The van der Waals surface area contributed by atoms with Crippen molar-refractivity contribution in [3.63, 3.8) is 0 Å². The number of methoxy groups -OCH3 is 1. The number of alkyl halides is 3. The molecule has 118 valence electrons. The zero-order chi connectivity index (χ0) is 16.3. The average Bonchev–Trinajstić information content (AvgIpc) is 2.91. The molecule has 0 radical (unpaired) electrons. The molecule has 7 heteroatoms. The molecule has 0 aliphatic rings. The van der Waals surface area contributed by atoms with Crippen LogP contribution in [0.3, 0.4) is 0 Å². The van der Waals surface area contributed by atoms with Crippen molar-refractivity contribution >= 4 is 52.1 Å². The Bertz CT molecular complexity index is 660. The molecule has 0 unspecified atom stereocenters. The summed E-state index contributed by atoms with van der Waals surface area (Å²) < 4.78 is 8.81. The van der Waals surface area contributed by atoms with Gasteiger partial charge in [0.05, 0.1) is 13.7 Å². The first-order valence-electron chi connectivity index (χ1n) is 6.39. The molecule has 3 nitrogen and oxygen atoms in total. The lowest BCUT2D eigenvalue weighted by atomic mass is 10.1. The Labute approximate surface area is 147 Å². The number of thiophene rings is 1. The molecular formula is C15H13Cl3O3S. The van der Waals surface area contributed by atoms with Crippen molar-refractivity contribution in [2.45, 2.75) is 10.7 Å². The molecule has 2 aromatic rings. The summed E-state index contributed by atoms with van der Waals surface area (Å²) >= 11 is 18.8. The van der Waals surface area contributed by atoms with E-state index in [-0.39, 0.29) is 0 Å². The number of hydrogen-bond donors (Lipinski definition) is 0. The largest absolute Gasteiger partial charge is 0.495 e. The summed E-state index contributed by atoms with van der Waals surface area (Å²) in [4.78, 5) is 13.2. The van der Waals surface area contributed by atoms with Crippen LogP contribution in [-0.2, 0) is 8.53 Å². The molecule has 0 N–H and O–H groups in total. The Hall–Kier alpha value is -0.940. The van der Waals surface area contributed by atoms with E-state index in [9.17, 15) is 4.79 Å². The van der Waals surface area contributed by atoms with Crippen molar-refractivity contribution < 1.29 is 14.3 Å². The summed E-state index contributed by atoms with van der Waals surface area (Å²) in [5.41, 5.74) is 1.48. The second kappa shape index (κ2) is 7.09. The van der Waals surface area contributed by atoms with Crippen LogP contribution in [0.1, 0.15) is 22.2 Å². The molecule has 0 aliphatic heterocycles. The van der Waals surface area contributed by atoms with E-state index in [0.717, 1.165) is 10.4 Å². The number of ether oxygens (including phenoxy) is 2. The quantitative estimate of drug-likeness (QED) is 0.525. The van der Waals surface area contributed by atoms with Crippen LogP contribution in [0, 0.1) is 0 Å². The predicted molar refractivity (Wildman–Crippen MR) is 91.5 cm³/mol. The van der Waals surface area contributed by atoms with E-state index in [4.69, 9.17) is 44.3 Å². The molecular weight excluding hydrogens is 367 g/mol. The van der Waals surface area contributed by atoms with Crippen LogP contribution < -0.4 is 4.74 Å². The second-order valence-electron chi connectivity index (χ2n) is 4.30. The molecule has 2 rings (SSSR count). The summed E-state index contributed by atoms with van der Waals surface area (Å²) in [6, 6.07) is 8.92. The molecule has 0 saturated heterocycles. The molecule has 0 atom stereocenters. The van der Waals surface area contributed by atoms with Crippen LogP contribution in [0.15, 0.2) is 30.3 Å². The lowest BCUT2D eigenvalue weighted by Crippen LogP contribution is -2.03. The van der Waals surface area contributed by atoms with Crippen LogP contribution in [0.5, 0.6) is 5.75 Å². The van der Waals surface area contributed by atoms with Gasteiger partial charge in [0.25, 0.3) is 0 Å². The van der Waals surface area contributed by atoms with Crippen molar-refractivity contribution in [1.82, 2.24) is 0 Å². The second-order valence-corrected chi connectivity index (χ2v) is 7.64. The Kier molecular flexibility index (Phi) is 5.61. The number of esters is 1. The maximum Gasteiger partial charge on any atom is 0.352 e. The number of carbonyl (C=O) groups is 1. The van der Waals surface area contributed by atoms with Gasteiger partial charge >= 0.3 is 5.97 Å². The van der Waals surface area contributed by atoms with E-state index < -0.39 is 9.76 Å². The van der Waals surface area contributed by atoms with Crippen molar-refractivity contribution in [3.05, 3.63) is 40.8 Å². The Morgan fingerprint density at radius 1 is 1.23 bits per heavy atom. The van der Waals surface area contributed by atoms with Crippen LogP contribution in [0.2, 0.25) is 0 Å². The van der Waals surface area contributed by atoms with Gasteiger partial charge in [0, 0.05) is 10.4 Å². The normalized spacial score (nSPS) is 11.3. The highest BCUT2D eigenvalue weighted by molar-refractivity contribution is 7.17. The van der Waals surface area contributed by atoms with Gasteiger partial charge in [0.15, 0.2) is 4.88 Å². The minimum Gasteiger partial charge on any atom is -0.495 e. The van der Waals surface area contributed by atoms with Crippen LogP contribution in [-0.4, -0.2) is 19.7 Å². The van der Waals surface area contributed by atoms with E-state index in [2.05, 4.69) is 0 Å². The fraction of sp³-hybridized carbons (Fsp3) is 0.267. The van der Waals surface area contributed by atoms with Gasteiger partial charge in [-0.2, -0.15) is 0 Å². The molecule has 1 heterocycles. The molecule has 0 amide bonds. The van der Waals surface area contributed by atoms with Gasteiger partial charge in [0.2, 0.25) is 3.79 Å². The van der Waals surface area contributed by atoms with Gasteiger partial charge < -0.3 is 9.47 Å². The molecule has 0 spiro atoms. The zero-order valence-corrected chi connectivity index (χ0v) is 14.9. The van der Waals surface area contributed by atoms with E-state index in [1.165, 1.54) is 18.4 Å². The number of halogens is 3. The monoisotopic (exact) mass is 378 g/mol. The minimum atomic E-state index is -1.46. The molecule has 0 aliphatic carbocycles. The maximum atomic E-state index is 11.9. The van der Waals surface area contributed by atoms with Crippen molar-refractivity contribution in [2.75, 3.05) is 13.7 Å². The van der Waals surface area contributed by atoms with Gasteiger partial charge in [0.1, 0.15) is 5.75 Å². The van der Waals surface area contributed by atoms with E-state index >= 15 is 0 Å². The van der Waals surface area contributed by atoms with Gasteiger partial charge in [-0.3, -0.25) is 0 Å².